The molecule has 104 valence electrons. The molecule has 0 aromatic heterocycles. The van der Waals surface area contributed by atoms with E-state index in [1.165, 1.54) is 12.1 Å². The lowest BCUT2D eigenvalue weighted by Gasteiger charge is -2.13. The average molecular weight is 290 g/mol. The van der Waals surface area contributed by atoms with E-state index in [4.69, 9.17) is 11.5 Å². The highest BCUT2D eigenvalue weighted by molar-refractivity contribution is 7.80. The predicted octanol–water partition coefficient (Wildman–Crippen LogP) is 2.47. The molecule has 2 aromatic carbocycles. The average Bonchev–Trinajstić information content (AvgIpc) is 2.44. The van der Waals surface area contributed by atoms with E-state index in [2.05, 4.69) is 15.0 Å². The van der Waals surface area contributed by atoms with Crippen molar-refractivity contribution in [1.82, 2.24) is 0 Å². The van der Waals surface area contributed by atoms with Crippen molar-refractivity contribution in [3.63, 3.8) is 0 Å². The van der Waals surface area contributed by atoms with E-state index in [1.54, 1.807) is 12.1 Å². The van der Waals surface area contributed by atoms with Crippen LogP contribution in [-0.2, 0) is 11.3 Å². The van der Waals surface area contributed by atoms with E-state index >= 15 is 0 Å². The van der Waals surface area contributed by atoms with Crippen LogP contribution in [0.2, 0.25) is 0 Å². The molecular formula is C12H12N5O2S-. The lowest BCUT2D eigenvalue weighted by molar-refractivity contribution is 0.542. The second-order valence-corrected chi connectivity index (χ2v) is 4.51. The van der Waals surface area contributed by atoms with Crippen LogP contribution in [0.1, 0.15) is 0 Å². The third-order valence-corrected chi connectivity index (χ3v) is 2.87. The predicted molar refractivity (Wildman–Crippen MR) is 78.4 cm³/mol. The van der Waals surface area contributed by atoms with Gasteiger partial charge < -0.3 is 20.7 Å². The molecule has 0 amide bonds. The van der Waals surface area contributed by atoms with Crippen molar-refractivity contribution in [3.8, 4) is 0 Å². The SMILES string of the molecule is Nc1c(N=Nc2ccccc2)ccc(NS(=O)[O-])c1N. The molecule has 0 saturated carbocycles. The third-order valence-electron chi connectivity index (χ3n) is 2.49. The van der Waals surface area contributed by atoms with Gasteiger partial charge >= 0.3 is 0 Å². The number of hydrogen-bond donors (Lipinski definition) is 3. The Kier molecular flexibility index (Phi) is 4.28. The fourth-order valence-electron chi connectivity index (χ4n) is 1.50. The quantitative estimate of drug-likeness (QED) is 0.453. The molecule has 0 bridgehead atoms. The lowest BCUT2D eigenvalue weighted by Crippen LogP contribution is -2.06. The van der Waals surface area contributed by atoms with Crippen molar-refractivity contribution in [2.24, 2.45) is 10.2 Å². The van der Waals surface area contributed by atoms with Gasteiger partial charge in [0.15, 0.2) is 0 Å². The zero-order valence-corrected chi connectivity index (χ0v) is 11.1. The number of hydrogen-bond acceptors (Lipinski definition) is 6. The van der Waals surface area contributed by atoms with Gasteiger partial charge in [-0.2, -0.15) is 5.11 Å². The summed E-state index contributed by atoms with van der Waals surface area (Å²) in [4.78, 5) is 0. The number of nitrogens with one attached hydrogen (secondary N) is 1. The first kappa shape index (κ1) is 14.0. The van der Waals surface area contributed by atoms with Crippen LogP contribution in [-0.4, -0.2) is 8.76 Å². The van der Waals surface area contributed by atoms with Crippen molar-refractivity contribution >= 4 is 39.7 Å². The second kappa shape index (κ2) is 6.13. The summed E-state index contributed by atoms with van der Waals surface area (Å²) >= 11 is -2.46. The van der Waals surface area contributed by atoms with Crippen LogP contribution in [0.4, 0.5) is 28.4 Å². The molecule has 0 fully saturated rings. The van der Waals surface area contributed by atoms with Crippen molar-refractivity contribution in [1.29, 1.82) is 0 Å². The number of rotatable bonds is 4. The monoisotopic (exact) mass is 290 g/mol. The van der Waals surface area contributed by atoms with E-state index in [-0.39, 0.29) is 17.1 Å². The molecule has 20 heavy (non-hydrogen) atoms. The summed E-state index contributed by atoms with van der Waals surface area (Å²) in [5, 5.41) is 8.01. The fourth-order valence-corrected chi connectivity index (χ4v) is 1.85. The Morgan fingerprint density at radius 1 is 1.00 bits per heavy atom. The number of nitrogen functional groups attached to an aromatic ring is 2. The highest BCUT2D eigenvalue weighted by Crippen LogP contribution is 2.35. The van der Waals surface area contributed by atoms with Crippen LogP contribution in [0, 0.1) is 0 Å². The molecule has 0 aliphatic rings. The molecule has 2 rings (SSSR count). The van der Waals surface area contributed by atoms with E-state index < -0.39 is 11.3 Å². The minimum atomic E-state index is -2.46. The summed E-state index contributed by atoms with van der Waals surface area (Å²) in [7, 11) is 0. The minimum Gasteiger partial charge on any atom is -0.755 e. The zero-order valence-electron chi connectivity index (χ0n) is 10.3. The fraction of sp³-hybridized carbons (Fsp3) is 0. The third kappa shape index (κ3) is 3.31. The molecule has 7 nitrogen and oxygen atoms in total. The van der Waals surface area contributed by atoms with E-state index in [9.17, 15) is 8.76 Å². The number of nitrogens with zero attached hydrogens (tertiary/aromatic N) is 2. The van der Waals surface area contributed by atoms with E-state index in [0.29, 0.717) is 11.4 Å². The summed E-state index contributed by atoms with van der Waals surface area (Å²) in [5.41, 5.74) is 13.1. The van der Waals surface area contributed by atoms with Crippen molar-refractivity contribution in [2.45, 2.75) is 0 Å². The number of benzene rings is 2. The second-order valence-electron chi connectivity index (χ2n) is 3.83. The Labute approximate surface area is 118 Å². The summed E-state index contributed by atoms with van der Waals surface area (Å²) in [6.07, 6.45) is 0. The number of azo groups is 1. The topological polar surface area (TPSA) is 129 Å². The van der Waals surface area contributed by atoms with Gasteiger partial charge in [0.05, 0.1) is 22.7 Å². The Morgan fingerprint density at radius 2 is 1.70 bits per heavy atom. The van der Waals surface area contributed by atoms with Crippen LogP contribution in [0.5, 0.6) is 0 Å². The van der Waals surface area contributed by atoms with Gasteiger partial charge in [-0.1, -0.05) is 18.2 Å². The smallest absolute Gasteiger partial charge is 0.111 e. The van der Waals surface area contributed by atoms with Crippen LogP contribution >= 0.6 is 0 Å². The molecule has 5 N–H and O–H groups in total. The van der Waals surface area contributed by atoms with Gasteiger partial charge in [0.2, 0.25) is 0 Å². The van der Waals surface area contributed by atoms with Gasteiger partial charge in [0, 0.05) is 11.3 Å². The van der Waals surface area contributed by atoms with Gasteiger partial charge in [-0.05, 0) is 24.3 Å². The van der Waals surface area contributed by atoms with Crippen LogP contribution in [0.25, 0.3) is 0 Å². The van der Waals surface area contributed by atoms with Gasteiger partial charge in [-0.25, -0.2) is 0 Å². The lowest BCUT2D eigenvalue weighted by atomic mass is 10.2. The first-order valence-electron chi connectivity index (χ1n) is 5.58. The van der Waals surface area contributed by atoms with Crippen LogP contribution in [0.3, 0.4) is 0 Å². The van der Waals surface area contributed by atoms with Gasteiger partial charge in [0.1, 0.15) is 5.69 Å². The summed E-state index contributed by atoms with van der Waals surface area (Å²) in [5.74, 6) is 0. The van der Waals surface area contributed by atoms with Crippen molar-refractivity contribution in [2.75, 3.05) is 16.2 Å². The summed E-state index contributed by atoms with van der Waals surface area (Å²) in [6, 6.07) is 12.1. The summed E-state index contributed by atoms with van der Waals surface area (Å²) in [6.45, 7) is 0. The molecule has 1 atom stereocenters. The largest absolute Gasteiger partial charge is 0.755 e. The molecule has 0 spiro atoms. The van der Waals surface area contributed by atoms with Crippen molar-refractivity contribution < 1.29 is 8.76 Å². The van der Waals surface area contributed by atoms with Crippen molar-refractivity contribution in [3.05, 3.63) is 42.5 Å². The number of anilines is 3. The maximum absolute atomic E-state index is 10.6. The highest BCUT2D eigenvalue weighted by atomic mass is 32.2. The molecule has 0 aliphatic heterocycles. The normalized spacial score (nSPS) is 12.4. The standard InChI is InChI=1S/C12H13N5O2S/c13-11-9(16-15-8-4-2-1-3-5-8)6-7-10(12(11)14)17-20(18)19/h1-7,17H,13-14H2,(H,18,19)/p-1. The molecular weight excluding hydrogens is 278 g/mol. The van der Waals surface area contributed by atoms with Gasteiger partial charge in [-0.15, -0.1) is 5.11 Å². The first-order chi connectivity index (χ1) is 9.58. The first-order valence-corrected chi connectivity index (χ1v) is 6.66. The zero-order chi connectivity index (χ0) is 14.5. The maximum atomic E-state index is 10.6. The Bertz CT molecular complexity index is 660. The Hall–Kier alpha value is -2.45. The van der Waals surface area contributed by atoms with E-state index in [0.717, 1.165) is 0 Å². The molecule has 0 saturated heterocycles. The minimum absolute atomic E-state index is 0.110. The van der Waals surface area contributed by atoms with Crippen LogP contribution < -0.4 is 16.2 Å². The Morgan fingerprint density at radius 3 is 2.35 bits per heavy atom. The van der Waals surface area contributed by atoms with Crippen LogP contribution in [0.15, 0.2) is 52.7 Å². The van der Waals surface area contributed by atoms with E-state index in [1.807, 2.05) is 18.2 Å². The van der Waals surface area contributed by atoms with Gasteiger partial charge in [0.25, 0.3) is 0 Å². The summed E-state index contributed by atoms with van der Waals surface area (Å²) < 4.78 is 23.3. The molecule has 0 radical (unpaired) electrons. The molecule has 0 heterocycles. The van der Waals surface area contributed by atoms with Gasteiger partial charge in [-0.3, -0.25) is 4.21 Å². The number of nitrogens with two attached hydrogens (primary N) is 2. The highest BCUT2D eigenvalue weighted by Gasteiger charge is 2.07. The molecule has 1 unspecified atom stereocenters. The Balaban J connectivity index is 2.28. The molecule has 8 heteroatoms. The molecule has 2 aromatic rings. The maximum Gasteiger partial charge on any atom is 0.111 e. The molecule has 0 aliphatic carbocycles.